The molecule has 0 saturated heterocycles. The summed E-state index contributed by atoms with van der Waals surface area (Å²) in [7, 11) is 3.33. The lowest BCUT2D eigenvalue weighted by Crippen LogP contribution is -1.98. The van der Waals surface area contributed by atoms with Crippen LogP contribution in [-0.2, 0) is 6.54 Å². The summed E-state index contributed by atoms with van der Waals surface area (Å²) in [6.07, 6.45) is 1.87. The van der Waals surface area contributed by atoms with Gasteiger partial charge in [-0.15, -0.1) is 0 Å². The summed E-state index contributed by atoms with van der Waals surface area (Å²) >= 11 is 0. The van der Waals surface area contributed by atoms with E-state index >= 15 is 0 Å². The van der Waals surface area contributed by atoms with E-state index in [1.165, 1.54) is 0 Å². The first-order valence-corrected chi connectivity index (χ1v) is 5.96. The van der Waals surface area contributed by atoms with E-state index in [1.807, 2.05) is 29.1 Å². The van der Waals surface area contributed by atoms with Gasteiger partial charge in [-0.3, -0.25) is 4.68 Å². The summed E-state index contributed by atoms with van der Waals surface area (Å²) in [6.45, 7) is 5.00. The number of aryl methyl sites for hydroxylation is 1. The molecule has 0 fully saturated rings. The van der Waals surface area contributed by atoms with Crippen molar-refractivity contribution in [2.75, 3.05) is 14.2 Å². The second-order valence-corrected chi connectivity index (χ2v) is 4.03. The van der Waals surface area contributed by atoms with Gasteiger partial charge < -0.3 is 9.47 Å². The number of aromatic nitrogens is 2. The normalized spacial score (nSPS) is 10.4. The molecule has 2 aromatic rings. The highest BCUT2D eigenvalue weighted by atomic mass is 16.5. The van der Waals surface area contributed by atoms with Crippen molar-refractivity contribution in [1.82, 2.24) is 9.78 Å². The van der Waals surface area contributed by atoms with Crippen LogP contribution >= 0.6 is 0 Å². The van der Waals surface area contributed by atoms with Gasteiger partial charge in [-0.1, -0.05) is 0 Å². The number of benzene rings is 1. The maximum atomic E-state index is 5.40. The van der Waals surface area contributed by atoms with Crippen LogP contribution < -0.4 is 9.47 Å². The van der Waals surface area contributed by atoms with Gasteiger partial charge in [-0.05, 0) is 32.0 Å². The third-order valence-corrected chi connectivity index (χ3v) is 3.10. The van der Waals surface area contributed by atoms with Gasteiger partial charge in [0.05, 0.1) is 20.4 Å². The molecule has 0 atom stereocenters. The van der Waals surface area contributed by atoms with Gasteiger partial charge in [0.15, 0.2) is 0 Å². The van der Waals surface area contributed by atoms with Crippen LogP contribution in [0.3, 0.4) is 0 Å². The summed E-state index contributed by atoms with van der Waals surface area (Å²) < 4.78 is 12.6. The Morgan fingerprint density at radius 1 is 1.17 bits per heavy atom. The topological polar surface area (TPSA) is 36.3 Å². The molecule has 0 N–H and O–H groups in total. The zero-order valence-corrected chi connectivity index (χ0v) is 11.2. The van der Waals surface area contributed by atoms with E-state index in [0.29, 0.717) is 0 Å². The average Bonchev–Trinajstić information content (AvgIpc) is 2.78. The quantitative estimate of drug-likeness (QED) is 0.832. The van der Waals surface area contributed by atoms with Gasteiger partial charge >= 0.3 is 0 Å². The highest BCUT2D eigenvalue weighted by Crippen LogP contribution is 2.34. The van der Waals surface area contributed by atoms with E-state index < -0.39 is 0 Å². The molecule has 2 rings (SSSR count). The number of hydrogen-bond acceptors (Lipinski definition) is 3. The maximum absolute atomic E-state index is 5.40. The maximum Gasteiger partial charge on any atom is 0.127 e. The summed E-state index contributed by atoms with van der Waals surface area (Å²) in [4.78, 5) is 0. The summed E-state index contributed by atoms with van der Waals surface area (Å²) in [6, 6.07) is 5.78. The molecule has 0 amide bonds. The van der Waals surface area contributed by atoms with Crippen molar-refractivity contribution < 1.29 is 9.47 Å². The van der Waals surface area contributed by atoms with Crippen molar-refractivity contribution in [3.8, 4) is 22.6 Å². The molecule has 0 aliphatic carbocycles. The van der Waals surface area contributed by atoms with Crippen LogP contribution in [0.1, 0.15) is 12.6 Å². The molecule has 0 unspecified atom stereocenters. The van der Waals surface area contributed by atoms with Crippen molar-refractivity contribution in [1.29, 1.82) is 0 Å². The Morgan fingerprint density at radius 2 is 1.94 bits per heavy atom. The molecule has 0 saturated carbocycles. The fraction of sp³-hybridized carbons (Fsp3) is 0.357. The molecule has 0 aliphatic heterocycles. The van der Waals surface area contributed by atoms with E-state index in [2.05, 4.69) is 18.9 Å². The minimum atomic E-state index is 0.814. The predicted octanol–water partition coefficient (Wildman–Crippen LogP) is 2.90. The molecular formula is C14H18N2O2. The third kappa shape index (κ3) is 2.06. The Hall–Kier alpha value is -1.97. The molecule has 1 aromatic heterocycles. The largest absolute Gasteiger partial charge is 0.497 e. The minimum absolute atomic E-state index is 0.814. The van der Waals surface area contributed by atoms with E-state index in [9.17, 15) is 0 Å². The van der Waals surface area contributed by atoms with Gasteiger partial charge in [0.25, 0.3) is 0 Å². The first kappa shape index (κ1) is 12.5. The fourth-order valence-electron chi connectivity index (χ4n) is 2.05. The number of methoxy groups -OCH3 is 2. The van der Waals surface area contributed by atoms with Crippen molar-refractivity contribution >= 4 is 0 Å². The summed E-state index contributed by atoms with van der Waals surface area (Å²) in [5.74, 6) is 1.64. The van der Waals surface area contributed by atoms with Crippen molar-refractivity contribution in [2.24, 2.45) is 0 Å². The van der Waals surface area contributed by atoms with Crippen LogP contribution in [0.2, 0.25) is 0 Å². The number of nitrogens with zero attached hydrogens (tertiary/aromatic N) is 2. The SMILES string of the molecule is CCn1ncc(-c2cc(OC)ccc2OC)c1C. The Morgan fingerprint density at radius 3 is 2.50 bits per heavy atom. The standard InChI is InChI=1S/C14H18N2O2/c1-5-16-10(2)13(9-15-16)12-8-11(17-3)6-7-14(12)18-4/h6-9H,5H2,1-4H3. The zero-order valence-electron chi connectivity index (χ0n) is 11.2. The Balaban J connectivity index is 2.57. The molecule has 0 spiro atoms. The van der Waals surface area contributed by atoms with E-state index in [4.69, 9.17) is 9.47 Å². The Labute approximate surface area is 107 Å². The molecule has 96 valence electrons. The Bertz CT molecular complexity index is 547. The van der Waals surface area contributed by atoms with Gasteiger partial charge in [0, 0.05) is 23.4 Å². The van der Waals surface area contributed by atoms with E-state index in [1.54, 1.807) is 14.2 Å². The van der Waals surface area contributed by atoms with E-state index in [-0.39, 0.29) is 0 Å². The smallest absolute Gasteiger partial charge is 0.127 e. The zero-order chi connectivity index (χ0) is 13.1. The molecule has 1 aromatic carbocycles. The fourth-order valence-corrected chi connectivity index (χ4v) is 2.05. The molecule has 4 nitrogen and oxygen atoms in total. The van der Waals surface area contributed by atoms with Crippen LogP contribution in [0.4, 0.5) is 0 Å². The average molecular weight is 246 g/mol. The lowest BCUT2D eigenvalue weighted by atomic mass is 10.1. The lowest BCUT2D eigenvalue weighted by molar-refractivity contribution is 0.404. The van der Waals surface area contributed by atoms with E-state index in [0.717, 1.165) is 34.9 Å². The van der Waals surface area contributed by atoms with Gasteiger partial charge in [-0.2, -0.15) is 5.10 Å². The Kier molecular flexibility index (Phi) is 3.55. The van der Waals surface area contributed by atoms with Crippen LogP contribution in [0.15, 0.2) is 24.4 Å². The lowest BCUT2D eigenvalue weighted by Gasteiger charge is -2.10. The van der Waals surface area contributed by atoms with Crippen molar-refractivity contribution in [2.45, 2.75) is 20.4 Å². The molecule has 0 aliphatic rings. The summed E-state index contributed by atoms with van der Waals surface area (Å²) in [5.41, 5.74) is 3.21. The highest BCUT2D eigenvalue weighted by molar-refractivity contribution is 5.73. The first-order chi connectivity index (χ1) is 8.71. The molecule has 0 bridgehead atoms. The molecule has 0 radical (unpaired) electrons. The van der Waals surface area contributed by atoms with Crippen LogP contribution in [0.5, 0.6) is 11.5 Å². The third-order valence-electron chi connectivity index (χ3n) is 3.10. The number of hydrogen-bond donors (Lipinski definition) is 0. The second-order valence-electron chi connectivity index (χ2n) is 4.03. The molecular weight excluding hydrogens is 228 g/mol. The molecule has 1 heterocycles. The predicted molar refractivity (Wildman–Crippen MR) is 71.2 cm³/mol. The van der Waals surface area contributed by atoms with Crippen molar-refractivity contribution in [3.05, 3.63) is 30.1 Å². The number of ether oxygens (including phenoxy) is 2. The van der Waals surface area contributed by atoms with Gasteiger partial charge in [-0.25, -0.2) is 0 Å². The van der Waals surface area contributed by atoms with Gasteiger partial charge in [0.2, 0.25) is 0 Å². The van der Waals surface area contributed by atoms with Gasteiger partial charge in [0.1, 0.15) is 11.5 Å². The summed E-state index contributed by atoms with van der Waals surface area (Å²) in [5, 5.41) is 4.36. The van der Waals surface area contributed by atoms with Crippen LogP contribution in [0.25, 0.3) is 11.1 Å². The monoisotopic (exact) mass is 246 g/mol. The first-order valence-electron chi connectivity index (χ1n) is 5.96. The second kappa shape index (κ2) is 5.12. The highest BCUT2D eigenvalue weighted by Gasteiger charge is 2.13. The van der Waals surface area contributed by atoms with Crippen molar-refractivity contribution in [3.63, 3.8) is 0 Å². The van der Waals surface area contributed by atoms with Crippen LogP contribution in [-0.4, -0.2) is 24.0 Å². The minimum Gasteiger partial charge on any atom is -0.497 e. The van der Waals surface area contributed by atoms with Crippen LogP contribution in [0, 0.1) is 6.92 Å². The molecule has 4 heteroatoms. The molecule has 18 heavy (non-hydrogen) atoms. The number of rotatable bonds is 4.